The average molecular weight is 455 g/mol. The summed E-state index contributed by atoms with van der Waals surface area (Å²) in [6.07, 6.45) is -3.28. The molecule has 0 radical (unpaired) electrons. The van der Waals surface area contributed by atoms with Crippen molar-refractivity contribution in [2.45, 2.75) is 48.1 Å². The van der Waals surface area contributed by atoms with Crippen LogP contribution in [0.25, 0.3) is 0 Å². The first-order valence-corrected chi connectivity index (χ1v) is 12.2. The summed E-state index contributed by atoms with van der Waals surface area (Å²) in [5.74, 6) is 0. The standard InChI is InChI=1S/C20H22O8S2/c1-13-3-7-15(8-4-13)29(21,22)27-17-11-25-20-18(12-26-19(17)20)28-30(23,24)16-9-5-14(2)6-10-16/h3-10,17-20H,11-12H2,1-2H3/t17-,18-,19?,20?/m1/s1. The van der Waals surface area contributed by atoms with Crippen LogP contribution in [0.4, 0.5) is 0 Å². The van der Waals surface area contributed by atoms with Gasteiger partial charge in [0.15, 0.2) is 0 Å². The average Bonchev–Trinajstić information content (AvgIpc) is 3.26. The molecule has 2 aliphatic heterocycles. The van der Waals surface area contributed by atoms with Gasteiger partial charge in [0, 0.05) is 0 Å². The van der Waals surface area contributed by atoms with E-state index in [9.17, 15) is 16.8 Å². The SMILES string of the molecule is Cc1ccc(S(=O)(=O)O[C@@H]2COC3C2OC[C@H]3OS(=O)(=O)c2ccc(C)cc2)cc1. The Hall–Kier alpha value is -1.82. The highest BCUT2D eigenvalue weighted by Gasteiger charge is 2.51. The van der Waals surface area contributed by atoms with Crippen LogP contribution in [0.5, 0.6) is 0 Å². The van der Waals surface area contributed by atoms with E-state index in [0.717, 1.165) is 11.1 Å². The first kappa shape index (κ1) is 21.4. The molecule has 0 amide bonds. The lowest BCUT2D eigenvalue weighted by molar-refractivity contribution is 0.0220. The lowest BCUT2D eigenvalue weighted by Gasteiger charge is -2.17. The second kappa shape index (κ2) is 8.03. The molecule has 2 aromatic rings. The van der Waals surface area contributed by atoms with Crippen LogP contribution in [0.2, 0.25) is 0 Å². The molecule has 0 aromatic heterocycles. The minimum Gasteiger partial charge on any atom is -0.370 e. The minimum atomic E-state index is -4.02. The highest BCUT2D eigenvalue weighted by molar-refractivity contribution is 7.87. The fraction of sp³-hybridized carbons (Fsp3) is 0.400. The Kier molecular flexibility index (Phi) is 5.73. The van der Waals surface area contributed by atoms with E-state index < -0.39 is 44.7 Å². The molecule has 0 N–H and O–H groups in total. The summed E-state index contributed by atoms with van der Waals surface area (Å²) in [5, 5.41) is 0. The first-order chi connectivity index (χ1) is 14.2. The zero-order chi connectivity index (χ0) is 21.5. The molecule has 2 unspecified atom stereocenters. The van der Waals surface area contributed by atoms with Crippen LogP contribution in [0, 0.1) is 13.8 Å². The first-order valence-electron chi connectivity index (χ1n) is 9.39. The second-order valence-electron chi connectivity index (χ2n) is 7.40. The number of aryl methyl sites for hydroxylation is 2. The van der Waals surface area contributed by atoms with Gasteiger partial charge in [-0.3, -0.25) is 8.37 Å². The number of hydrogen-bond donors (Lipinski definition) is 0. The van der Waals surface area contributed by atoms with Gasteiger partial charge in [0.2, 0.25) is 0 Å². The van der Waals surface area contributed by atoms with Crippen molar-refractivity contribution in [2.75, 3.05) is 13.2 Å². The normalized spacial score (nSPS) is 26.6. The zero-order valence-corrected chi connectivity index (χ0v) is 18.1. The summed E-state index contributed by atoms with van der Waals surface area (Å²) in [5.41, 5.74) is 1.85. The summed E-state index contributed by atoms with van der Waals surface area (Å²) < 4.78 is 72.1. The molecule has 162 valence electrons. The predicted molar refractivity (Wildman–Crippen MR) is 106 cm³/mol. The van der Waals surface area contributed by atoms with E-state index in [-0.39, 0.29) is 23.0 Å². The molecule has 2 aromatic carbocycles. The molecule has 30 heavy (non-hydrogen) atoms. The Morgan fingerprint density at radius 2 is 1.00 bits per heavy atom. The smallest absolute Gasteiger partial charge is 0.297 e. The van der Waals surface area contributed by atoms with Gasteiger partial charge < -0.3 is 9.47 Å². The van der Waals surface area contributed by atoms with Crippen LogP contribution in [-0.4, -0.2) is 54.5 Å². The van der Waals surface area contributed by atoms with Gasteiger partial charge in [-0.15, -0.1) is 0 Å². The molecule has 8 nitrogen and oxygen atoms in total. The van der Waals surface area contributed by atoms with Crippen LogP contribution in [0.1, 0.15) is 11.1 Å². The lowest BCUT2D eigenvalue weighted by atomic mass is 10.1. The summed E-state index contributed by atoms with van der Waals surface area (Å²) in [7, 11) is -8.04. The molecule has 2 heterocycles. The number of rotatable bonds is 6. The van der Waals surface area contributed by atoms with E-state index in [4.69, 9.17) is 17.8 Å². The monoisotopic (exact) mass is 454 g/mol. The summed E-state index contributed by atoms with van der Waals surface area (Å²) in [6, 6.07) is 12.6. The van der Waals surface area contributed by atoms with Crippen molar-refractivity contribution in [3.8, 4) is 0 Å². The fourth-order valence-electron chi connectivity index (χ4n) is 3.44. The van der Waals surface area contributed by atoms with Gasteiger partial charge in [0.25, 0.3) is 20.2 Å². The van der Waals surface area contributed by atoms with Gasteiger partial charge in [-0.2, -0.15) is 16.8 Å². The molecule has 4 atom stereocenters. The van der Waals surface area contributed by atoms with E-state index in [0.29, 0.717) is 0 Å². The molecule has 0 spiro atoms. The number of benzene rings is 2. The highest BCUT2D eigenvalue weighted by Crippen LogP contribution is 2.33. The molecule has 4 rings (SSSR count). The highest BCUT2D eigenvalue weighted by atomic mass is 32.2. The Bertz CT molecular complexity index is 1020. The van der Waals surface area contributed by atoms with Crippen LogP contribution in [-0.2, 0) is 38.1 Å². The number of fused-ring (bicyclic) bond motifs is 1. The van der Waals surface area contributed by atoms with Crippen molar-refractivity contribution in [1.29, 1.82) is 0 Å². The molecular formula is C20H22O8S2. The van der Waals surface area contributed by atoms with Crippen molar-refractivity contribution in [1.82, 2.24) is 0 Å². The van der Waals surface area contributed by atoms with Gasteiger partial charge in [-0.05, 0) is 38.1 Å². The van der Waals surface area contributed by atoms with Gasteiger partial charge in [0.1, 0.15) is 24.4 Å². The van der Waals surface area contributed by atoms with Gasteiger partial charge in [-0.25, -0.2) is 0 Å². The van der Waals surface area contributed by atoms with Gasteiger partial charge in [0.05, 0.1) is 23.0 Å². The molecule has 0 bridgehead atoms. The quantitative estimate of drug-likeness (QED) is 0.610. The van der Waals surface area contributed by atoms with E-state index >= 15 is 0 Å². The van der Waals surface area contributed by atoms with Gasteiger partial charge >= 0.3 is 0 Å². The largest absolute Gasteiger partial charge is 0.370 e. The van der Waals surface area contributed by atoms with Crippen LogP contribution in [0.15, 0.2) is 58.3 Å². The van der Waals surface area contributed by atoms with Crippen LogP contribution >= 0.6 is 0 Å². The maximum Gasteiger partial charge on any atom is 0.297 e. The number of hydrogen-bond acceptors (Lipinski definition) is 8. The van der Waals surface area contributed by atoms with Crippen molar-refractivity contribution in [2.24, 2.45) is 0 Å². The van der Waals surface area contributed by atoms with Crippen LogP contribution in [0.3, 0.4) is 0 Å². The summed E-state index contributed by atoms with van der Waals surface area (Å²) >= 11 is 0. The second-order valence-corrected chi connectivity index (χ2v) is 10.5. The van der Waals surface area contributed by atoms with Crippen molar-refractivity contribution < 1.29 is 34.7 Å². The summed E-state index contributed by atoms with van der Waals surface area (Å²) in [6.45, 7) is 3.60. The molecule has 10 heteroatoms. The Morgan fingerprint density at radius 3 is 1.33 bits per heavy atom. The Balaban J connectivity index is 1.44. The fourth-order valence-corrected chi connectivity index (χ4v) is 5.58. The third kappa shape index (κ3) is 4.29. The van der Waals surface area contributed by atoms with Crippen molar-refractivity contribution >= 4 is 20.2 Å². The topological polar surface area (TPSA) is 105 Å². The molecule has 0 saturated carbocycles. The maximum absolute atomic E-state index is 12.6. The molecule has 2 fully saturated rings. The van der Waals surface area contributed by atoms with Crippen LogP contribution < -0.4 is 0 Å². The third-order valence-electron chi connectivity index (χ3n) is 5.08. The number of ether oxygens (including phenoxy) is 2. The van der Waals surface area contributed by atoms with E-state index in [1.807, 2.05) is 13.8 Å². The summed E-state index contributed by atoms with van der Waals surface area (Å²) in [4.78, 5) is 0.0635. The van der Waals surface area contributed by atoms with E-state index in [1.54, 1.807) is 24.3 Å². The maximum atomic E-state index is 12.6. The van der Waals surface area contributed by atoms with E-state index in [2.05, 4.69) is 0 Å². The lowest BCUT2D eigenvalue weighted by Crippen LogP contribution is -2.36. The zero-order valence-electron chi connectivity index (χ0n) is 16.4. The van der Waals surface area contributed by atoms with Gasteiger partial charge in [-0.1, -0.05) is 35.4 Å². The molecule has 2 aliphatic rings. The molecular weight excluding hydrogens is 432 g/mol. The van der Waals surface area contributed by atoms with Crippen molar-refractivity contribution in [3.05, 3.63) is 59.7 Å². The molecule has 2 saturated heterocycles. The predicted octanol–water partition coefficient (Wildman–Crippen LogP) is 1.95. The third-order valence-corrected chi connectivity index (χ3v) is 7.78. The Morgan fingerprint density at radius 1 is 0.667 bits per heavy atom. The molecule has 0 aliphatic carbocycles. The van der Waals surface area contributed by atoms with Crippen molar-refractivity contribution in [3.63, 3.8) is 0 Å². The van der Waals surface area contributed by atoms with E-state index in [1.165, 1.54) is 24.3 Å². The minimum absolute atomic E-state index is 0.0318. The Labute approximate surface area is 176 Å².